The van der Waals surface area contributed by atoms with Crippen LogP contribution >= 0.6 is 0 Å². The van der Waals surface area contributed by atoms with E-state index in [1.165, 1.54) is 0 Å². The monoisotopic (exact) mass is 159 g/mol. The highest BCUT2D eigenvalue weighted by molar-refractivity contribution is 4.91. The zero-order valence-electron chi connectivity index (χ0n) is 6.31. The summed E-state index contributed by atoms with van der Waals surface area (Å²) in [5, 5.41) is 18.4. The Kier molecular flexibility index (Phi) is 1.85. The maximum Gasteiger partial charge on any atom is 0.0950 e. The minimum absolute atomic E-state index is 0.124. The molecule has 2 aliphatic heterocycles. The van der Waals surface area contributed by atoms with Gasteiger partial charge in [0.2, 0.25) is 0 Å². The second-order valence-electron chi connectivity index (χ2n) is 3.28. The van der Waals surface area contributed by atoms with Gasteiger partial charge in [-0.1, -0.05) is 0 Å². The van der Waals surface area contributed by atoms with E-state index in [0.717, 1.165) is 0 Å². The van der Waals surface area contributed by atoms with E-state index in [1.54, 1.807) is 0 Å². The van der Waals surface area contributed by atoms with Crippen LogP contribution in [0.1, 0.15) is 0 Å². The summed E-state index contributed by atoms with van der Waals surface area (Å²) in [6.07, 6.45) is -0.551. The van der Waals surface area contributed by atoms with E-state index in [0.29, 0.717) is 26.3 Å². The van der Waals surface area contributed by atoms with Crippen LogP contribution in [0.3, 0.4) is 0 Å². The summed E-state index contributed by atoms with van der Waals surface area (Å²) in [5.41, 5.74) is 0. The lowest BCUT2D eigenvalue weighted by Crippen LogP contribution is -2.58. The summed E-state index contributed by atoms with van der Waals surface area (Å²) in [7, 11) is 0. The van der Waals surface area contributed by atoms with Crippen LogP contribution in [0, 0.1) is 0 Å². The highest BCUT2D eigenvalue weighted by atomic mass is 16.5. The van der Waals surface area contributed by atoms with Crippen LogP contribution in [-0.4, -0.2) is 59.7 Å². The number of rotatable bonds is 1. The molecule has 0 amide bonds. The van der Waals surface area contributed by atoms with E-state index in [2.05, 4.69) is 4.90 Å². The molecule has 0 aromatic rings. The van der Waals surface area contributed by atoms with Gasteiger partial charge in [0.05, 0.1) is 31.5 Å². The van der Waals surface area contributed by atoms with Crippen molar-refractivity contribution >= 4 is 0 Å². The molecule has 0 bridgehead atoms. The first-order valence-electron chi connectivity index (χ1n) is 3.95. The van der Waals surface area contributed by atoms with E-state index in [1.807, 2.05) is 0 Å². The molecule has 2 N–H and O–H groups in total. The predicted molar refractivity (Wildman–Crippen MR) is 38.2 cm³/mol. The lowest BCUT2D eigenvalue weighted by molar-refractivity contribution is -0.0467. The summed E-state index contributed by atoms with van der Waals surface area (Å²) in [6, 6.07) is 0.124. The number of aliphatic hydroxyl groups is 2. The van der Waals surface area contributed by atoms with Crippen molar-refractivity contribution < 1.29 is 14.9 Å². The largest absolute Gasteiger partial charge is 0.390 e. The quantitative estimate of drug-likeness (QED) is 0.485. The minimum Gasteiger partial charge on any atom is -0.390 e. The van der Waals surface area contributed by atoms with Crippen molar-refractivity contribution in [2.75, 3.05) is 26.3 Å². The van der Waals surface area contributed by atoms with Crippen LogP contribution in [0.25, 0.3) is 0 Å². The molecule has 0 aromatic carbocycles. The molecule has 2 unspecified atom stereocenters. The number of β-amino-alcohol motifs (C(OH)–C–C–N with tert-alkyl or cyclic N) is 1. The fourth-order valence-corrected chi connectivity index (χ4v) is 1.64. The molecule has 0 spiro atoms. The predicted octanol–water partition coefficient (Wildman–Crippen LogP) is -1.58. The van der Waals surface area contributed by atoms with Crippen molar-refractivity contribution in [3.63, 3.8) is 0 Å². The number of hydrogen-bond acceptors (Lipinski definition) is 4. The van der Waals surface area contributed by atoms with Crippen molar-refractivity contribution in [3.8, 4) is 0 Å². The number of nitrogens with zero attached hydrogens (tertiary/aromatic N) is 1. The molecule has 0 radical (unpaired) electrons. The van der Waals surface area contributed by atoms with Gasteiger partial charge in [0.15, 0.2) is 0 Å². The van der Waals surface area contributed by atoms with E-state index in [9.17, 15) is 5.11 Å². The maximum atomic E-state index is 9.36. The van der Waals surface area contributed by atoms with Crippen molar-refractivity contribution in [1.82, 2.24) is 4.90 Å². The van der Waals surface area contributed by atoms with Crippen LogP contribution in [0.4, 0.5) is 0 Å². The standard InChI is InChI=1S/C7H13NO3/c9-5-1-8(2-5)6-3-11-4-7(6)10/h5-7,9-10H,1-4H2. The number of hydrogen-bond donors (Lipinski definition) is 2. The van der Waals surface area contributed by atoms with Crippen LogP contribution in [0.15, 0.2) is 0 Å². The average molecular weight is 159 g/mol. The molecule has 0 aromatic heterocycles. The Hall–Kier alpha value is -0.160. The Morgan fingerprint density at radius 1 is 1.18 bits per heavy atom. The topological polar surface area (TPSA) is 52.9 Å². The Morgan fingerprint density at radius 2 is 1.91 bits per heavy atom. The zero-order valence-corrected chi connectivity index (χ0v) is 6.31. The number of likely N-dealkylation sites (tertiary alicyclic amines) is 1. The van der Waals surface area contributed by atoms with Gasteiger partial charge in [0.1, 0.15) is 0 Å². The van der Waals surface area contributed by atoms with Gasteiger partial charge in [-0.2, -0.15) is 0 Å². The molecule has 64 valence electrons. The molecule has 0 saturated carbocycles. The third-order valence-corrected chi connectivity index (χ3v) is 2.38. The van der Waals surface area contributed by atoms with Gasteiger partial charge in [0.25, 0.3) is 0 Å². The third kappa shape index (κ3) is 1.27. The van der Waals surface area contributed by atoms with E-state index >= 15 is 0 Å². The molecule has 2 rings (SSSR count). The molecule has 4 nitrogen and oxygen atoms in total. The molecule has 2 atom stereocenters. The van der Waals surface area contributed by atoms with Crippen molar-refractivity contribution in [2.24, 2.45) is 0 Å². The van der Waals surface area contributed by atoms with Crippen LogP contribution < -0.4 is 0 Å². The first kappa shape index (κ1) is 7.49. The third-order valence-electron chi connectivity index (χ3n) is 2.38. The average Bonchev–Trinajstić information content (AvgIpc) is 2.29. The molecule has 2 fully saturated rings. The van der Waals surface area contributed by atoms with Crippen LogP contribution in [-0.2, 0) is 4.74 Å². The fourth-order valence-electron chi connectivity index (χ4n) is 1.64. The number of aliphatic hydroxyl groups excluding tert-OH is 2. The first-order chi connectivity index (χ1) is 5.27. The van der Waals surface area contributed by atoms with Gasteiger partial charge in [-0.25, -0.2) is 0 Å². The Morgan fingerprint density at radius 3 is 2.36 bits per heavy atom. The second-order valence-corrected chi connectivity index (χ2v) is 3.28. The Balaban J connectivity index is 1.85. The zero-order chi connectivity index (χ0) is 7.84. The van der Waals surface area contributed by atoms with Crippen molar-refractivity contribution in [3.05, 3.63) is 0 Å². The Bertz CT molecular complexity index is 147. The maximum absolute atomic E-state index is 9.36. The van der Waals surface area contributed by atoms with Crippen LogP contribution in [0.5, 0.6) is 0 Å². The smallest absolute Gasteiger partial charge is 0.0950 e. The van der Waals surface area contributed by atoms with E-state index in [4.69, 9.17) is 9.84 Å². The molecule has 4 heteroatoms. The summed E-state index contributed by atoms with van der Waals surface area (Å²) >= 11 is 0. The number of ether oxygens (including phenoxy) is 1. The van der Waals surface area contributed by atoms with Gasteiger partial charge >= 0.3 is 0 Å². The van der Waals surface area contributed by atoms with Gasteiger partial charge in [-0.05, 0) is 0 Å². The Labute approximate surface area is 65.4 Å². The molecule has 2 aliphatic rings. The summed E-state index contributed by atoms with van der Waals surface area (Å²) in [5.74, 6) is 0. The molecule has 2 heterocycles. The highest BCUT2D eigenvalue weighted by Crippen LogP contribution is 2.19. The second kappa shape index (κ2) is 2.71. The van der Waals surface area contributed by atoms with Gasteiger partial charge in [-0.15, -0.1) is 0 Å². The van der Waals surface area contributed by atoms with E-state index in [-0.39, 0.29) is 18.2 Å². The SMILES string of the molecule is OC1CN(C2COCC2O)C1. The minimum atomic E-state index is -0.359. The lowest BCUT2D eigenvalue weighted by atomic mass is 10.1. The van der Waals surface area contributed by atoms with E-state index < -0.39 is 0 Å². The highest BCUT2D eigenvalue weighted by Gasteiger charge is 2.37. The molecular weight excluding hydrogens is 146 g/mol. The summed E-state index contributed by atoms with van der Waals surface area (Å²) in [6.45, 7) is 2.42. The van der Waals surface area contributed by atoms with Gasteiger partial charge in [-0.3, -0.25) is 4.90 Å². The molecule has 2 saturated heterocycles. The summed E-state index contributed by atoms with van der Waals surface area (Å²) in [4.78, 5) is 2.06. The van der Waals surface area contributed by atoms with Crippen LogP contribution in [0.2, 0.25) is 0 Å². The normalized spacial score (nSPS) is 40.9. The lowest BCUT2D eigenvalue weighted by Gasteiger charge is -2.40. The van der Waals surface area contributed by atoms with Gasteiger partial charge in [0, 0.05) is 13.1 Å². The molecule has 11 heavy (non-hydrogen) atoms. The summed E-state index contributed by atoms with van der Waals surface area (Å²) < 4.78 is 5.09. The molecule has 0 aliphatic carbocycles. The van der Waals surface area contributed by atoms with Crippen molar-refractivity contribution in [2.45, 2.75) is 18.2 Å². The van der Waals surface area contributed by atoms with Gasteiger partial charge < -0.3 is 14.9 Å². The fraction of sp³-hybridized carbons (Fsp3) is 1.00. The van der Waals surface area contributed by atoms with Crippen molar-refractivity contribution in [1.29, 1.82) is 0 Å². The molecular formula is C7H13NO3. The first-order valence-corrected chi connectivity index (χ1v) is 3.95.